The smallest absolute Gasteiger partial charge is 0.220 e. The highest BCUT2D eigenvalue weighted by atomic mass is 35.5. The summed E-state index contributed by atoms with van der Waals surface area (Å²) in [7, 11) is 0. The normalized spacial score (nSPS) is 13.4. The van der Waals surface area contributed by atoms with Gasteiger partial charge in [0.25, 0.3) is 0 Å². The Hall–Kier alpha value is -2.14. The van der Waals surface area contributed by atoms with Crippen molar-refractivity contribution in [3.05, 3.63) is 52.3 Å². The van der Waals surface area contributed by atoms with E-state index >= 15 is 0 Å². The number of aryl methyl sites for hydroxylation is 1. The van der Waals surface area contributed by atoms with Crippen LogP contribution in [0.15, 0.2) is 30.5 Å². The number of nitrogens with one attached hydrogen (secondary N) is 1. The van der Waals surface area contributed by atoms with Crippen molar-refractivity contribution in [2.24, 2.45) is 0 Å². The maximum Gasteiger partial charge on any atom is 0.220 e. The maximum atomic E-state index is 12.0. The molecule has 1 aliphatic heterocycles. The number of benzene rings is 1. The minimum Gasteiger partial charge on any atom is -0.352 e. The largest absolute Gasteiger partial charge is 0.352 e. The molecule has 2 heterocycles. The van der Waals surface area contributed by atoms with Crippen molar-refractivity contribution in [2.45, 2.75) is 45.2 Å². The Morgan fingerprint density at radius 2 is 1.96 bits per heavy atom. The number of hydrogen-bond donors (Lipinski definition) is 1. The summed E-state index contributed by atoms with van der Waals surface area (Å²) in [4.78, 5) is 24.0. The first-order valence-electron chi connectivity index (χ1n) is 8.22. The van der Waals surface area contributed by atoms with Crippen LogP contribution in [0.25, 0.3) is 0 Å². The van der Waals surface area contributed by atoms with E-state index < -0.39 is 0 Å². The second-order valence-electron chi connectivity index (χ2n) is 6.00. The lowest BCUT2D eigenvalue weighted by Gasteiger charge is -2.14. The highest BCUT2D eigenvalue weighted by Gasteiger charge is 2.15. The summed E-state index contributed by atoms with van der Waals surface area (Å²) < 4.78 is 2.02. The van der Waals surface area contributed by atoms with Crippen molar-refractivity contribution < 1.29 is 9.59 Å². The van der Waals surface area contributed by atoms with E-state index in [0.29, 0.717) is 17.1 Å². The standard InChI is InChI=1S/C18H20ClN3O2/c19-15-6-4-13(5-7-15)17(23)8-9-18(24)20-11-14-12-21-22-10-2-1-3-16(14)22/h4-7,12H,1-3,8-11H2,(H,20,24). The topological polar surface area (TPSA) is 64.0 Å². The molecule has 1 N–H and O–H groups in total. The van der Waals surface area contributed by atoms with Crippen LogP contribution in [0.1, 0.15) is 47.3 Å². The van der Waals surface area contributed by atoms with Crippen LogP contribution in [0.2, 0.25) is 5.02 Å². The number of carbonyl (C=O) groups is 2. The summed E-state index contributed by atoms with van der Waals surface area (Å²) in [6.45, 7) is 1.43. The molecule has 0 saturated carbocycles. The zero-order valence-electron chi connectivity index (χ0n) is 13.4. The van der Waals surface area contributed by atoms with Crippen molar-refractivity contribution in [2.75, 3.05) is 0 Å². The van der Waals surface area contributed by atoms with Gasteiger partial charge >= 0.3 is 0 Å². The van der Waals surface area contributed by atoms with Gasteiger partial charge in [-0.1, -0.05) is 11.6 Å². The SMILES string of the molecule is O=C(CCC(=O)c1ccc(Cl)cc1)NCc1cnn2c1CCCC2. The molecule has 0 atom stereocenters. The van der Waals surface area contributed by atoms with Crippen LogP contribution >= 0.6 is 11.6 Å². The molecule has 0 radical (unpaired) electrons. The minimum absolute atomic E-state index is 0.0512. The van der Waals surface area contributed by atoms with E-state index in [1.807, 2.05) is 10.9 Å². The molecule has 5 nitrogen and oxygen atoms in total. The number of ketones is 1. The van der Waals surface area contributed by atoms with E-state index in [2.05, 4.69) is 10.4 Å². The molecule has 24 heavy (non-hydrogen) atoms. The Labute approximate surface area is 146 Å². The highest BCUT2D eigenvalue weighted by Crippen LogP contribution is 2.18. The first kappa shape index (κ1) is 16.7. The first-order chi connectivity index (χ1) is 11.6. The van der Waals surface area contributed by atoms with Crippen molar-refractivity contribution in [1.29, 1.82) is 0 Å². The molecule has 0 spiro atoms. The molecule has 3 rings (SSSR count). The molecule has 0 unspecified atom stereocenters. The summed E-state index contributed by atoms with van der Waals surface area (Å²) in [5.41, 5.74) is 2.88. The molecule has 0 saturated heterocycles. The van der Waals surface area contributed by atoms with E-state index in [1.165, 1.54) is 12.1 Å². The predicted octanol–water partition coefficient (Wildman–Crippen LogP) is 3.15. The molecular weight excluding hydrogens is 326 g/mol. The van der Waals surface area contributed by atoms with E-state index in [4.69, 9.17) is 11.6 Å². The summed E-state index contributed by atoms with van der Waals surface area (Å²) in [5, 5.41) is 7.83. The number of rotatable bonds is 6. The zero-order valence-corrected chi connectivity index (χ0v) is 14.2. The van der Waals surface area contributed by atoms with Gasteiger partial charge in [-0.05, 0) is 43.5 Å². The molecule has 0 bridgehead atoms. The Morgan fingerprint density at radius 1 is 1.17 bits per heavy atom. The lowest BCUT2D eigenvalue weighted by Crippen LogP contribution is -2.24. The van der Waals surface area contributed by atoms with Crippen LogP contribution in [0.5, 0.6) is 0 Å². The van der Waals surface area contributed by atoms with Gasteiger partial charge in [0.1, 0.15) is 0 Å². The fraction of sp³-hybridized carbons (Fsp3) is 0.389. The molecule has 1 aromatic heterocycles. The Morgan fingerprint density at radius 3 is 2.75 bits per heavy atom. The van der Waals surface area contributed by atoms with Crippen LogP contribution in [0.4, 0.5) is 0 Å². The Bertz CT molecular complexity index is 737. The van der Waals surface area contributed by atoms with Gasteiger partial charge in [0, 0.05) is 47.8 Å². The van der Waals surface area contributed by atoms with Gasteiger partial charge in [0.2, 0.25) is 5.91 Å². The number of hydrogen-bond acceptors (Lipinski definition) is 3. The fourth-order valence-electron chi connectivity index (χ4n) is 2.92. The number of carbonyl (C=O) groups excluding carboxylic acids is 2. The monoisotopic (exact) mass is 345 g/mol. The zero-order chi connectivity index (χ0) is 16.9. The number of nitrogens with zero attached hydrogens (tertiary/aromatic N) is 2. The van der Waals surface area contributed by atoms with Crippen molar-refractivity contribution in [3.63, 3.8) is 0 Å². The molecule has 1 aliphatic rings. The third-order valence-corrected chi connectivity index (χ3v) is 4.54. The maximum absolute atomic E-state index is 12.0. The van der Waals surface area contributed by atoms with Gasteiger partial charge in [0.05, 0.1) is 6.20 Å². The van der Waals surface area contributed by atoms with Crippen LogP contribution in [0.3, 0.4) is 0 Å². The van der Waals surface area contributed by atoms with Crippen LogP contribution < -0.4 is 5.32 Å². The second-order valence-corrected chi connectivity index (χ2v) is 6.44. The number of aromatic nitrogens is 2. The van der Waals surface area contributed by atoms with Gasteiger partial charge in [-0.25, -0.2) is 0 Å². The van der Waals surface area contributed by atoms with Crippen molar-refractivity contribution in [1.82, 2.24) is 15.1 Å². The first-order valence-corrected chi connectivity index (χ1v) is 8.60. The highest BCUT2D eigenvalue weighted by molar-refractivity contribution is 6.30. The fourth-order valence-corrected chi connectivity index (χ4v) is 3.05. The second kappa shape index (κ2) is 7.62. The lowest BCUT2D eigenvalue weighted by atomic mass is 10.1. The molecule has 126 valence electrons. The van der Waals surface area contributed by atoms with Crippen LogP contribution in [-0.4, -0.2) is 21.5 Å². The van der Waals surface area contributed by atoms with E-state index in [9.17, 15) is 9.59 Å². The van der Waals surface area contributed by atoms with Crippen molar-refractivity contribution >= 4 is 23.3 Å². The summed E-state index contributed by atoms with van der Waals surface area (Å²) in [5.74, 6) is -0.169. The predicted molar refractivity (Wildman–Crippen MR) is 92.0 cm³/mol. The number of fused-ring (bicyclic) bond motifs is 1. The summed E-state index contributed by atoms with van der Waals surface area (Å²) in [6.07, 6.45) is 5.56. The van der Waals surface area contributed by atoms with Gasteiger partial charge in [0.15, 0.2) is 5.78 Å². The third-order valence-electron chi connectivity index (χ3n) is 4.29. The van der Waals surface area contributed by atoms with E-state index in [0.717, 1.165) is 24.9 Å². The molecule has 2 aromatic rings. The quantitative estimate of drug-likeness (QED) is 0.818. The average Bonchev–Trinajstić information content (AvgIpc) is 3.01. The molecule has 1 amide bonds. The van der Waals surface area contributed by atoms with Crippen molar-refractivity contribution in [3.8, 4) is 0 Å². The van der Waals surface area contributed by atoms with Gasteiger partial charge in [-0.3, -0.25) is 14.3 Å². The van der Waals surface area contributed by atoms with Crippen LogP contribution in [-0.2, 0) is 24.3 Å². The Balaban J connectivity index is 1.47. The molecular formula is C18H20ClN3O2. The van der Waals surface area contributed by atoms with Crippen LogP contribution in [0, 0.1) is 0 Å². The van der Waals surface area contributed by atoms with Gasteiger partial charge < -0.3 is 5.32 Å². The third kappa shape index (κ3) is 4.03. The Kier molecular flexibility index (Phi) is 5.30. The van der Waals surface area contributed by atoms with Gasteiger partial charge in [-0.15, -0.1) is 0 Å². The number of Topliss-reactive ketones (excluding diaryl/α,β-unsaturated/α-hetero) is 1. The van der Waals surface area contributed by atoms with E-state index in [-0.39, 0.29) is 24.5 Å². The molecule has 1 aromatic carbocycles. The molecule has 0 aliphatic carbocycles. The number of halogens is 1. The van der Waals surface area contributed by atoms with E-state index in [1.54, 1.807) is 24.3 Å². The number of amides is 1. The minimum atomic E-state index is -0.118. The molecule has 0 fully saturated rings. The summed E-state index contributed by atoms with van der Waals surface area (Å²) in [6, 6.07) is 6.72. The lowest BCUT2D eigenvalue weighted by molar-refractivity contribution is -0.121. The summed E-state index contributed by atoms with van der Waals surface area (Å²) >= 11 is 5.80. The molecule has 6 heteroatoms. The van der Waals surface area contributed by atoms with Gasteiger partial charge in [-0.2, -0.15) is 5.10 Å². The average molecular weight is 346 g/mol.